The maximum Gasteiger partial charge on any atom is 0.135 e. The van der Waals surface area contributed by atoms with Crippen molar-refractivity contribution in [3.63, 3.8) is 0 Å². The van der Waals surface area contributed by atoms with E-state index in [1.165, 1.54) is 27.2 Å². The lowest BCUT2D eigenvalue weighted by Crippen LogP contribution is -1.82. The predicted molar refractivity (Wildman–Crippen MR) is 85.5 cm³/mol. The minimum absolute atomic E-state index is 0.987. The standard InChI is InChI=1S/C18H18OS/c1-3-7-14-10-11-17-16(12-14)18(13(2)19-17)20-15-8-5-4-6-9-15/h4-6,8-12H,3,7H2,1-2H3. The van der Waals surface area contributed by atoms with Gasteiger partial charge in [-0.25, -0.2) is 0 Å². The fraction of sp³-hybridized carbons (Fsp3) is 0.222. The van der Waals surface area contributed by atoms with E-state index in [4.69, 9.17) is 4.42 Å². The molecule has 0 N–H and O–H groups in total. The highest BCUT2D eigenvalue weighted by Crippen LogP contribution is 2.38. The second-order valence-corrected chi connectivity index (χ2v) is 6.07. The van der Waals surface area contributed by atoms with E-state index in [9.17, 15) is 0 Å². The van der Waals surface area contributed by atoms with Gasteiger partial charge in [0.05, 0.1) is 4.90 Å². The number of benzene rings is 2. The highest BCUT2D eigenvalue weighted by Gasteiger charge is 2.12. The van der Waals surface area contributed by atoms with Gasteiger partial charge in [0.25, 0.3) is 0 Å². The van der Waals surface area contributed by atoms with E-state index in [-0.39, 0.29) is 0 Å². The maximum atomic E-state index is 5.88. The molecule has 0 fully saturated rings. The number of hydrogen-bond donors (Lipinski definition) is 0. The van der Waals surface area contributed by atoms with E-state index in [1.807, 2.05) is 13.0 Å². The molecule has 3 aromatic rings. The molecule has 3 rings (SSSR count). The zero-order chi connectivity index (χ0) is 13.9. The maximum absolute atomic E-state index is 5.88. The van der Waals surface area contributed by atoms with E-state index in [0.717, 1.165) is 17.8 Å². The third-order valence-corrected chi connectivity index (χ3v) is 4.59. The summed E-state index contributed by atoms with van der Waals surface area (Å²) in [6.07, 6.45) is 2.29. The summed E-state index contributed by atoms with van der Waals surface area (Å²) in [5, 5.41) is 1.24. The Bertz CT molecular complexity index is 713. The predicted octanol–water partition coefficient (Wildman–Crippen LogP) is 5.84. The smallest absolute Gasteiger partial charge is 0.135 e. The lowest BCUT2D eigenvalue weighted by molar-refractivity contribution is 0.568. The second-order valence-electron chi connectivity index (χ2n) is 4.98. The Balaban J connectivity index is 2.04. The van der Waals surface area contributed by atoms with Crippen molar-refractivity contribution in [3.05, 3.63) is 59.9 Å². The number of aryl methyl sites for hydroxylation is 2. The molecule has 2 heteroatoms. The van der Waals surface area contributed by atoms with Crippen molar-refractivity contribution in [3.8, 4) is 0 Å². The average Bonchev–Trinajstić information content (AvgIpc) is 2.77. The molecule has 0 atom stereocenters. The number of fused-ring (bicyclic) bond motifs is 1. The first kappa shape index (κ1) is 13.3. The summed E-state index contributed by atoms with van der Waals surface area (Å²) in [5.74, 6) is 1.00. The third kappa shape index (κ3) is 2.61. The van der Waals surface area contributed by atoms with Crippen molar-refractivity contribution >= 4 is 22.7 Å². The van der Waals surface area contributed by atoms with Crippen LogP contribution in [0.25, 0.3) is 11.0 Å². The fourth-order valence-electron chi connectivity index (χ4n) is 2.42. The molecule has 1 heterocycles. The Morgan fingerprint density at radius 1 is 1.05 bits per heavy atom. The van der Waals surface area contributed by atoms with Crippen molar-refractivity contribution in [2.45, 2.75) is 36.5 Å². The highest BCUT2D eigenvalue weighted by atomic mass is 32.2. The summed E-state index contributed by atoms with van der Waals surface area (Å²) < 4.78 is 5.88. The molecule has 0 aliphatic heterocycles. The third-order valence-electron chi connectivity index (χ3n) is 3.37. The number of hydrogen-bond acceptors (Lipinski definition) is 2. The Morgan fingerprint density at radius 2 is 1.85 bits per heavy atom. The van der Waals surface area contributed by atoms with Crippen LogP contribution in [0.5, 0.6) is 0 Å². The molecule has 2 aromatic carbocycles. The lowest BCUT2D eigenvalue weighted by atomic mass is 10.1. The largest absolute Gasteiger partial charge is 0.460 e. The Hall–Kier alpha value is -1.67. The van der Waals surface area contributed by atoms with Crippen LogP contribution in [0.1, 0.15) is 24.7 Å². The summed E-state index contributed by atoms with van der Waals surface area (Å²) >= 11 is 1.78. The van der Waals surface area contributed by atoms with Gasteiger partial charge in [0.1, 0.15) is 11.3 Å². The monoisotopic (exact) mass is 282 g/mol. The number of furan rings is 1. The summed E-state index contributed by atoms with van der Waals surface area (Å²) in [7, 11) is 0. The molecule has 0 aliphatic carbocycles. The van der Waals surface area contributed by atoms with E-state index < -0.39 is 0 Å². The Labute approximate surface area is 124 Å². The Kier molecular flexibility index (Phi) is 3.83. The minimum Gasteiger partial charge on any atom is -0.460 e. The average molecular weight is 282 g/mol. The molecule has 0 saturated heterocycles. The molecule has 0 saturated carbocycles. The summed E-state index contributed by atoms with van der Waals surface area (Å²) in [5.41, 5.74) is 2.37. The van der Waals surface area contributed by atoms with Gasteiger partial charge >= 0.3 is 0 Å². The van der Waals surface area contributed by atoms with Gasteiger partial charge in [-0.2, -0.15) is 0 Å². The van der Waals surface area contributed by atoms with Gasteiger partial charge in [-0.05, 0) is 43.2 Å². The van der Waals surface area contributed by atoms with Crippen LogP contribution in [0.3, 0.4) is 0 Å². The van der Waals surface area contributed by atoms with Gasteiger partial charge in [0, 0.05) is 10.3 Å². The first-order valence-corrected chi connectivity index (χ1v) is 7.84. The molecule has 20 heavy (non-hydrogen) atoms. The van der Waals surface area contributed by atoms with Crippen LogP contribution in [0.15, 0.2) is 62.7 Å². The van der Waals surface area contributed by atoms with Crippen molar-refractivity contribution < 1.29 is 4.42 Å². The van der Waals surface area contributed by atoms with Crippen LogP contribution in [0.2, 0.25) is 0 Å². The summed E-state index contributed by atoms with van der Waals surface area (Å²) in [6, 6.07) is 17.0. The first-order chi connectivity index (χ1) is 9.78. The molecule has 1 nitrogen and oxygen atoms in total. The topological polar surface area (TPSA) is 13.1 Å². The molecule has 0 bridgehead atoms. The van der Waals surface area contributed by atoms with Gasteiger partial charge < -0.3 is 4.42 Å². The number of rotatable bonds is 4. The van der Waals surface area contributed by atoms with E-state index in [1.54, 1.807) is 11.8 Å². The van der Waals surface area contributed by atoms with Crippen molar-refractivity contribution in [1.82, 2.24) is 0 Å². The highest BCUT2D eigenvalue weighted by molar-refractivity contribution is 7.99. The van der Waals surface area contributed by atoms with Crippen LogP contribution in [-0.4, -0.2) is 0 Å². The molecule has 0 unspecified atom stereocenters. The molecule has 0 radical (unpaired) electrons. The normalized spacial score (nSPS) is 11.1. The molecule has 1 aromatic heterocycles. The lowest BCUT2D eigenvalue weighted by Gasteiger charge is -2.02. The van der Waals surface area contributed by atoms with Gasteiger partial charge in [-0.1, -0.05) is 49.4 Å². The van der Waals surface area contributed by atoms with Gasteiger partial charge in [-0.3, -0.25) is 0 Å². The SMILES string of the molecule is CCCc1ccc2oc(C)c(Sc3ccccc3)c2c1. The first-order valence-electron chi connectivity index (χ1n) is 7.03. The van der Waals surface area contributed by atoms with Gasteiger partial charge in [0.15, 0.2) is 0 Å². The molecular formula is C18H18OS. The zero-order valence-corrected chi connectivity index (χ0v) is 12.7. The molecule has 0 spiro atoms. The second kappa shape index (κ2) is 5.76. The quantitative estimate of drug-likeness (QED) is 0.596. The van der Waals surface area contributed by atoms with Gasteiger partial charge in [-0.15, -0.1) is 0 Å². The van der Waals surface area contributed by atoms with E-state index in [0.29, 0.717) is 0 Å². The molecular weight excluding hydrogens is 264 g/mol. The van der Waals surface area contributed by atoms with Crippen LogP contribution >= 0.6 is 11.8 Å². The summed E-state index contributed by atoms with van der Waals surface area (Å²) in [6.45, 7) is 4.26. The molecule has 0 aliphatic rings. The van der Waals surface area contributed by atoms with Crippen LogP contribution in [-0.2, 0) is 6.42 Å². The zero-order valence-electron chi connectivity index (χ0n) is 11.8. The van der Waals surface area contributed by atoms with Crippen molar-refractivity contribution in [2.24, 2.45) is 0 Å². The van der Waals surface area contributed by atoms with E-state index >= 15 is 0 Å². The van der Waals surface area contributed by atoms with Crippen LogP contribution < -0.4 is 0 Å². The molecule has 0 amide bonds. The van der Waals surface area contributed by atoms with Gasteiger partial charge in [0.2, 0.25) is 0 Å². The Morgan fingerprint density at radius 3 is 2.60 bits per heavy atom. The van der Waals surface area contributed by atoms with Crippen LogP contribution in [0.4, 0.5) is 0 Å². The van der Waals surface area contributed by atoms with Crippen LogP contribution in [0, 0.1) is 6.92 Å². The van der Waals surface area contributed by atoms with Crippen molar-refractivity contribution in [1.29, 1.82) is 0 Å². The van der Waals surface area contributed by atoms with E-state index in [2.05, 4.69) is 49.4 Å². The summed E-state index contributed by atoms with van der Waals surface area (Å²) in [4.78, 5) is 2.49. The minimum atomic E-state index is 0.987. The van der Waals surface area contributed by atoms with Crippen molar-refractivity contribution in [2.75, 3.05) is 0 Å². The fourth-order valence-corrected chi connectivity index (χ4v) is 3.41. The molecule has 102 valence electrons.